The number of benzene rings is 3. The first-order chi connectivity index (χ1) is 19.0. The molecule has 1 aliphatic carbocycles. The molecule has 2 aromatic heterocycles. The number of phenolic OH excluding ortho intramolecular Hbond substituents is 1. The van der Waals surface area contributed by atoms with Crippen LogP contribution in [0.3, 0.4) is 0 Å². The molecule has 1 saturated heterocycles. The first kappa shape index (κ1) is 24.1. The average molecular weight is 542 g/mol. The number of fused-ring (bicyclic) bond motifs is 1. The maximum Gasteiger partial charge on any atom is 0.210 e. The van der Waals surface area contributed by atoms with Crippen molar-refractivity contribution in [3.8, 4) is 27.7 Å². The van der Waals surface area contributed by atoms with Gasteiger partial charge in [0.2, 0.25) is 5.13 Å². The van der Waals surface area contributed by atoms with Crippen molar-refractivity contribution in [2.75, 3.05) is 43.4 Å². The van der Waals surface area contributed by atoms with Gasteiger partial charge in [-0.1, -0.05) is 23.5 Å². The molecule has 198 valence electrons. The number of aromatic hydroxyl groups is 1. The molecule has 10 heteroatoms. The Morgan fingerprint density at radius 1 is 0.949 bits per heavy atom. The highest BCUT2D eigenvalue weighted by Crippen LogP contribution is 2.44. The molecule has 0 bridgehead atoms. The van der Waals surface area contributed by atoms with Gasteiger partial charge in [-0.2, -0.15) is 0 Å². The van der Waals surface area contributed by atoms with Gasteiger partial charge in [0.25, 0.3) is 0 Å². The number of halogens is 1. The normalized spacial score (nSPS) is 16.2. The third-order valence-electron chi connectivity index (χ3n) is 7.43. The van der Waals surface area contributed by atoms with Crippen LogP contribution < -0.4 is 10.2 Å². The Labute approximate surface area is 229 Å². The molecule has 5 aromatic rings. The molecule has 2 aliphatic rings. The standard InChI is InChI=1S/C29H28FN7OS/c1-35-11-13-36(14-12-35)25-17-26-24(31-27(37(26)21-9-10-21)18-5-7-20(30)8-6-18)16-23(25)32-29-34-33-28(39-29)19-3-2-4-22(38)15-19/h2-8,15-17,21,38H,9-14H2,1H3,(H,32,34). The van der Waals surface area contributed by atoms with Crippen LogP contribution >= 0.6 is 11.3 Å². The van der Waals surface area contributed by atoms with Crippen molar-refractivity contribution in [1.82, 2.24) is 24.6 Å². The number of hydrogen-bond donors (Lipinski definition) is 2. The molecule has 0 atom stereocenters. The van der Waals surface area contributed by atoms with Gasteiger partial charge in [0.15, 0.2) is 0 Å². The van der Waals surface area contributed by atoms with E-state index in [0.29, 0.717) is 11.2 Å². The van der Waals surface area contributed by atoms with Crippen molar-refractivity contribution in [2.45, 2.75) is 18.9 Å². The van der Waals surface area contributed by atoms with Gasteiger partial charge in [0, 0.05) is 43.3 Å². The summed E-state index contributed by atoms with van der Waals surface area (Å²) >= 11 is 1.44. The van der Waals surface area contributed by atoms with Crippen LogP contribution in [0.15, 0.2) is 60.7 Å². The lowest BCUT2D eigenvalue weighted by Gasteiger charge is -2.35. The van der Waals surface area contributed by atoms with Crippen LogP contribution in [0.2, 0.25) is 0 Å². The largest absolute Gasteiger partial charge is 0.508 e. The summed E-state index contributed by atoms with van der Waals surface area (Å²) in [4.78, 5) is 9.81. The van der Waals surface area contributed by atoms with Crippen LogP contribution in [-0.4, -0.2) is 63.0 Å². The topological polar surface area (TPSA) is 82.3 Å². The Hall–Kier alpha value is -4.02. The molecule has 2 fully saturated rings. The number of nitrogens with zero attached hydrogens (tertiary/aromatic N) is 6. The molecule has 2 N–H and O–H groups in total. The van der Waals surface area contributed by atoms with E-state index in [1.54, 1.807) is 30.3 Å². The molecule has 8 nitrogen and oxygen atoms in total. The van der Waals surface area contributed by atoms with Gasteiger partial charge in [0.1, 0.15) is 22.4 Å². The van der Waals surface area contributed by atoms with Gasteiger partial charge in [-0.3, -0.25) is 0 Å². The summed E-state index contributed by atoms with van der Waals surface area (Å²) in [6.45, 7) is 3.81. The maximum absolute atomic E-state index is 13.7. The van der Waals surface area contributed by atoms with Crippen LogP contribution in [-0.2, 0) is 0 Å². The minimum Gasteiger partial charge on any atom is -0.508 e. The molecule has 7 rings (SSSR count). The SMILES string of the molecule is CN1CCN(c2cc3c(cc2Nc2nnc(-c4cccc(O)c4)s2)nc(-c2ccc(F)cc2)n3C2CC2)CC1. The molecule has 39 heavy (non-hydrogen) atoms. The van der Waals surface area contributed by atoms with E-state index in [2.05, 4.69) is 49.1 Å². The van der Waals surface area contributed by atoms with Gasteiger partial charge in [-0.05, 0) is 68.4 Å². The number of nitrogens with one attached hydrogen (secondary N) is 1. The zero-order valence-corrected chi connectivity index (χ0v) is 22.3. The van der Waals surface area contributed by atoms with E-state index >= 15 is 0 Å². The molecular weight excluding hydrogens is 513 g/mol. The number of rotatable bonds is 6. The molecule has 3 aromatic carbocycles. The number of piperazine rings is 1. The van der Waals surface area contributed by atoms with E-state index in [0.717, 1.165) is 83.4 Å². The second-order valence-corrected chi connectivity index (χ2v) is 11.3. The predicted octanol–water partition coefficient (Wildman–Crippen LogP) is 5.90. The molecule has 0 radical (unpaired) electrons. The van der Waals surface area contributed by atoms with Crippen LogP contribution in [0.25, 0.3) is 33.0 Å². The number of imidazole rings is 1. The smallest absolute Gasteiger partial charge is 0.210 e. The molecular formula is C29H28FN7OS. The lowest BCUT2D eigenvalue weighted by molar-refractivity contribution is 0.313. The molecule has 1 saturated carbocycles. The van der Waals surface area contributed by atoms with E-state index in [-0.39, 0.29) is 11.6 Å². The molecule has 3 heterocycles. The van der Waals surface area contributed by atoms with E-state index in [1.807, 2.05) is 6.07 Å². The Morgan fingerprint density at radius 3 is 2.49 bits per heavy atom. The van der Waals surface area contributed by atoms with Gasteiger partial charge in [0.05, 0.1) is 22.4 Å². The first-order valence-corrected chi connectivity index (χ1v) is 14.0. The van der Waals surface area contributed by atoms with Gasteiger partial charge >= 0.3 is 0 Å². The van der Waals surface area contributed by atoms with E-state index in [1.165, 1.54) is 23.5 Å². The Morgan fingerprint density at radius 2 is 1.74 bits per heavy atom. The number of phenols is 1. The average Bonchev–Trinajstić information content (AvgIpc) is 3.55. The van der Waals surface area contributed by atoms with E-state index in [9.17, 15) is 9.50 Å². The zero-order valence-electron chi connectivity index (χ0n) is 21.5. The van der Waals surface area contributed by atoms with Crippen molar-refractivity contribution in [1.29, 1.82) is 0 Å². The van der Waals surface area contributed by atoms with Crippen molar-refractivity contribution in [2.24, 2.45) is 0 Å². The van der Waals surface area contributed by atoms with Gasteiger partial charge in [-0.25, -0.2) is 9.37 Å². The summed E-state index contributed by atoms with van der Waals surface area (Å²) in [5.74, 6) is 0.818. The predicted molar refractivity (Wildman–Crippen MR) is 153 cm³/mol. The summed E-state index contributed by atoms with van der Waals surface area (Å²) in [5.41, 5.74) is 5.75. The Kier molecular flexibility index (Phi) is 5.93. The summed E-state index contributed by atoms with van der Waals surface area (Å²) in [5, 5.41) is 23.6. The van der Waals surface area contributed by atoms with Crippen molar-refractivity contribution in [3.05, 3.63) is 66.5 Å². The summed E-state index contributed by atoms with van der Waals surface area (Å²) in [7, 11) is 2.15. The minimum absolute atomic E-state index is 0.197. The fourth-order valence-corrected chi connectivity index (χ4v) is 5.94. The fraction of sp³-hybridized carbons (Fsp3) is 0.276. The van der Waals surface area contributed by atoms with E-state index < -0.39 is 0 Å². The van der Waals surface area contributed by atoms with Crippen LogP contribution in [0.4, 0.5) is 20.9 Å². The number of aromatic nitrogens is 4. The number of likely N-dealkylation sites (N-methyl/N-ethyl adjacent to an activating group) is 1. The van der Waals surface area contributed by atoms with Crippen molar-refractivity contribution >= 4 is 38.9 Å². The maximum atomic E-state index is 13.7. The second kappa shape index (κ2) is 9.62. The lowest BCUT2D eigenvalue weighted by Crippen LogP contribution is -2.44. The highest BCUT2D eigenvalue weighted by atomic mass is 32.1. The number of anilines is 3. The quantitative estimate of drug-likeness (QED) is 0.277. The Bertz CT molecular complexity index is 1650. The van der Waals surface area contributed by atoms with Crippen LogP contribution in [0.5, 0.6) is 5.75 Å². The highest BCUT2D eigenvalue weighted by Gasteiger charge is 2.30. The van der Waals surface area contributed by atoms with E-state index in [4.69, 9.17) is 4.98 Å². The molecule has 0 amide bonds. The molecule has 1 aliphatic heterocycles. The number of hydrogen-bond acceptors (Lipinski definition) is 8. The first-order valence-electron chi connectivity index (χ1n) is 13.2. The monoisotopic (exact) mass is 541 g/mol. The van der Waals surface area contributed by atoms with Crippen LogP contribution in [0, 0.1) is 5.82 Å². The summed E-state index contributed by atoms with van der Waals surface area (Å²) < 4.78 is 16.0. The van der Waals surface area contributed by atoms with Crippen molar-refractivity contribution in [3.63, 3.8) is 0 Å². The Balaban J connectivity index is 1.32. The molecule has 0 unspecified atom stereocenters. The second-order valence-electron chi connectivity index (χ2n) is 10.3. The van der Waals surface area contributed by atoms with Crippen molar-refractivity contribution < 1.29 is 9.50 Å². The zero-order chi connectivity index (χ0) is 26.5. The summed E-state index contributed by atoms with van der Waals surface area (Å²) in [6.07, 6.45) is 2.23. The third-order valence-corrected chi connectivity index (χ3v) is 8.31. The van der Waals surface area contributed by atoms with Crippen LogP contribution in [0.1, 0.15) is 18.9 Å². The lowest BCUT2D eigenvalue weighted by atomic mass is 10.2. The van der Waals surface area contributed by atoms with Gasteiger partial charge in [-0.15, -0.1) is 10.2 Å². The van der Waals surface area contributed by atoms with Gasteiger partial charge < -0.3 is 24.8 Å². The minimum atomic E-state index is -0.251. The highest BCUT2D eigenvalue weighted by molar-refractivity contribution is 7.18. The fourth-order valence-electron chi connectivity index (χ4n) is 5.19. The molecule has 0 spiro atoms. The third kappa shape index (κ3) is 4.70. The summed E-state index contributed by atoms with van der Waals surface area (Å²) in [6, 6.07) is 18.4.